The van der Waals surface area contributed by atoms with Gasteiger partial charge >= 0.3 is 0 Å². The van der Waals surface area contributed by atoms with Crippen molar-refractivity contribution in [2.24, 2.45) is 11.8 Å². The van der Waals surface area contributed by atoms with Crippen LogP contribution < -0.4 is 0 Å². The molecule has 0 fully saturated rings. The second-order valence-electron chi connectivity index (χ2n) is 7.03. The normalized spacial score (nSPS) is 15.8. The van der Waals surface area contributed by atoms with Crippen molar-refractivity contribution in [3.05, 3.63) is 35.4 Å². The Morgan fingerprint density at radius 1 is 0.944 bits per heavy atom. The van der Waals surface area contributed by atoms with Crippen LogP contribution in [0.5, 0.6) is 0 Å². The van der Waals surface area contributed by atoms with Crippen LogP contribution in [-0.2, 0) is 5.41 Å². The molecule has 1 aromatic carbocycles. The highest BCUT2D eigenvalue weighted by atomic mass is 14.3. The average Bonchev–Trinajstić information content (AvgIpc) is 2.28. The second kappa shape index (κ2) is 5.91. The zero-order chi connectivity index (χ0) is 13.9. The van der Waals surface area contributed by atoms with E-state index in [0.717, 1.165) is 5.92 Å². The van der Waals surface area contributed by atoms with Crippen molar-refractivity contribution in [1.29, 1.82) is 0 Å². The largest absolute Gasteiger partial charge is 0.0651 e. The van der Waals surface area contributed by atoms with Gasteiger partial charge in [0, 0.05) is 0 Å². The zero-order valence-corrected chi connectivity index (χ0v) is 13.2. The molecule has 0 aliphatic rings. The molecule has 0 saturated carbocycles. The molecular formula is C18H30. The Morgan fingerprint density at radius 3 is 1.78 bits per heavy atom. The fraction of sp³-hybridized carbons (Fsp3) is 0.667. The molecule has 0 bridgehead atoms. The molecule has 1 aromatic rings. The first kappa shape index (κ1) is 15.3. The van der Waals surface area contributed by atoms with E-state index < -0.39 is 0 Å². The number of rotatable bonds is 4. The fourth-order valence-corrected chi connectivity index (χ4v) is 2.83. The lowest BCUT2D eigenvalue weighted by Gasteiger charge is -2.28. The first-order valence-electron chi connectivity index (χ1n) is 7.37. The molecule has 0 heterocycles. The minimum absolute atomic E-state index is 0.252. The van der Waals surface area contributed by atoms with Crippen LogP contribution in [0.2, 0.25) is 0 Å². The molecule has 0 nitrogen and oxygen atoms in total. The van der Waals surface area contributed by atoms with Gasteiger partial charge in [-0.05, 0) is 34.3 Å². The summed E-state index contributed by atoms with van der Waals surface area (Å²) in [5, 5.41) is 0. The monoisotopic (exact) mass is 246 g/mol. The maximum absolute atomic E-state index is 2.38. The van der Waals surface area contributed by atoms with Gasteiger partial charge in [-0.15, -0.1) is 0 Å². The van der Waals surface area contributed by atoms with Crippen LogP contribution in [0.15, 0.2) is 24.3 Å². The number of hydrogen-bond acceptors (Lipinski definition) is 0. The van der Waals surface area contributed by atoms with E-state index >= 15 is 0 Å². The lowest BCUT2D eigenvalue weighted by molar-refractivity contribution is 0.356. The smallest absolute Gasteiger partial charge is 0.0113 e. The quantitative estimate of drug-likeness (QED) is 0.632. The average molecular weight is 246 g/mol. The van der Waals surface area contributed by atoms with Gasteiger partial charge in [0.15, 0.2) is 0 Å². The first-order valence-corrected chi connectivity index (χ1v) is 7.37. The summed E-state index contributed by atoms with van der Waals surface area (Å²) < 4.78 is 0. The summed E-state index contributed by atoms with van der Waals surface area (Å²) in [7, 11) is 0. The highest BCUT2D eigenvalue weighted by Gasteiger charge is 2.22. The molecule has 0 aromatic heterocycles. The SMILES string of the molecule is CCC(C)C(c1ccc(C(C)(C)C)cc1)C(C)C. The first-order chi connectivity index (χ1) is 8.27. The van der Waals surface area contributed by atoms with Crippen LogP contribution in [-0.4, -0.2) is 0 Å². The van der Waals surface area contributed by atoms with Crippen LogP contribution in [0, 0.1) is 11.8 Å². The van der Waals surface area contributed by atoms with Crippen LogP contribution in [0.1, 0.15) is 71.9 Å². The molecular weight excluding hydrogens is 216 g/mol. The molecule has 2 unspecified atom stereocenters. The third-order valence-electron chi connectivity index (χ3n) is 4.14. The molecule has 102 valence electrons. The van der Waals surface area contributed by atoms with Gasteiger partial charge in [-0.2, -0.15) is 0 Å². The summed E-state index contributed by atoms with van der Waals surface area (Å²) in [6, 6.07) is 9.31. The lowest BCUT2D eigenvalue weighted by atomic mass is 9.77. The van der Waals surface area contributed by atoms with Crippen molar-refractivity contribution < 1.29 is 0 Å². The van der Waals surface area contributed by atoms with Crippen molar-refractivity contribution >= 4 is 0 Å². The zero-order valence-electron chi connectivity index (χ0n) is 13.2. The molecule has 0 aliphatic heterocycles. The molecule has 0 radical (unpaired) electrons. The minimum atomic E-state index is 0.252. The van der Waals surface area contributed by atoms with Crippen LogP contribution in [0.4, 0.5) is 0 Å². The van der Waals surface area contributed by atoms with Gasteiger partial charge in [-0.25, -0.2) is 0 Å². The Kier molecular flexibility index (Phi) is 5.01. The topological polar surface area (TPSA) is 0 Å². The predicted molar refractivity (Wildman–Crippen MR) is 82.2 cm³/mol. The van der Waals surface area contributed by atoms with E-state index in [1.165, 1.54) is 17.5 Å². The van der Waals surface area contributed by atoms with Gasteiger partial charge in [0.25, 0.3) is 0 Å². The van der Waals surface area contributed by atoms with Crippen molar-refractivity contribution in [2.45, 2.75) is 66.2 Å². The van der Waals surface area contributed by atoms with E-state index in [-0.39, 0.29) is 5.41 Å². The Labute approximate surface area is 114 Å². The molecule has 0 N–H and O–H groups in total. The Hall–Kier alpha value is -0.780. The van der Waals surface area contributed by atoms with Crippen molar-refractivity contribution in [3.8, 4) is 0 Å². The third kappa shape index (κ3) is 3.60. The molecule has 1 rings (SSSR count). The third-order valence-corrected chi connectivity index (χ3v) is 4.14. The van der Waals surface area contributed by atoms with E-state index in [4.69, 9.17) is 0 Å². The molecule has 0 spiro atoms. The van der Waals surface area contributed by atoms with Gasteiger partial charge in [0.1, 0.15) is 0 Å². The Balaban J connectivity index is 3.01. The summed E-state index contributed by atoms with van der Waals surface area (Å²) in [6.45, 7) is 16.2. The van der Waals surface area contributed by atoms with Crippen molar-refractivity contribution in [3.63, 3.8) is 0 Å². The van der Waals surface area contributed by atoms with Gasteiger partial charge < -0.3 is 0 Å². The van der Waals surface area contributed by atoms with Crippen molar-refractivity contribution in [2.75, 3.05) is 0 Å². The Morgan fingerprint density at radius 2 is 1.44 bits per heavy atom. The fourth-order valence-electron chi connectivity index (χ4n) is 2.83. The summed E-state index contributed by atoms with van der Waals surface area (Å²) >= 11 is 0. The van der Waals surface area contributed by atoms with Crippen LogP contribution in [0.3, 0.4) is 0 Å². The molecule has 0 saturated heterocycles. The molecule has 0 heteroatoms. The number of hydrogen-bond donors (Lipinski definition) is 0. The van der Waals surface area contributed by atoms with E-state index in [1.54, 1.807) is 0 Å². The highest BCUT2D eigenvalue weighted by Crippen LogP contribution is 2.34. The maximum Gasteiger partial charge on any atom is -0.0113 e. The molecule has 18 heavy (non-hydrogen) atoms. The molecule has 0 amide bonds. The lowest BCUT2D eigenvalue weighted by Crippen LogP contribution is -2.16. The van der Waals surface area contributed by atoms with Crippen LogP contribution in [0.25, 0.3) is 0 Å². The van der Waals surface area contributed by atoms with Crippen molar-refractivity contribution in [1.82, 2.24) is 0 Å². The van der Waals surface area contributed by atoms with Gasteiger partial charge in [0.2, 0.25) is 0 Å². The Bertz CT molecular complexity index is 351. The molecule has 2 atom stereocenters. The van der Waals surface area contributed by atoms with Crippen LogP contribution >= 0.6 is 0 Å². The van der Waals surface area contributed by atoms with E-state index in [9.17, 15) is 0 Å². The summed E-state index contributed by atoms with van der Waals surface area (Å²) in [5.74, 6) is 2.15. The van der Waals surface area contributed by atoms with Gasteiger partial charge in [0.05, 0.1) is 0 Å². The van der Waals surface area contributed by atoms with E-state index in [1.807, 2.05) is 0 Å². The molecule has 0 aliphatic carbocycles. The highest BCUT2D eigenvalue weighted by molar-refractivity contribution is 5.30. The van der Waals surface area contributed by atoms with Gasteiger partial charge in [-0.1, -0.05) is 79.2 Å². The van der Waals surface area contributed by atoms with E-state index in [0.29, 0.717) is 11.8 Å². The minimum Gasteiger partial charge on any atom is -0.0651 e. The summed E-state index contributed by atoms with van der Waals surface area (Å²) in [6.07, 6.45) is 1.25. The maximum atomic E-state index is 2.38. The second-order valence-corrected chi connectivity index (χ2v) is 7.03. The van der Waals surface area contributed by atoms with E-state index in [2.05, 4.69) is 72.7 Å². The summed E-state index contributed by atoms with van der Waals surface area (Å²) in [5.41, 5.74) is 3.19. The van der Waals surface area contributed by atoms with Gasteiger partial charge in [-0.3, -0.25) is 0 Å². The summed E-state index contributed by atoms with van der Waals surface area (Å²) in [4.78, 5) is 0. The number of benzene rings is 1. The predicted octanol–water partition coefficient (Wildman–Crippen LogP) is 5.77. The standard InChI is InChI=1S/C18H30/c1-8-14(4)17(13(2)3)15-9-11-16(12-10-15)18(5,6)7/h9-14,17H,8H2,1-7H3.